The van der Waals surface area contributed by atoms with Crippen LogP contribution < -0.4 is 0 Å². The summed E-state index contributed by atoms with van der Waals surface area (Å²) in [5.41, 5.74) is 0. The molecule has 0 spiro atoms. The second-order valence-corrected chi connectivity index (χ2v) is 13.2. The normalized spacial score (nSPS) is 31.0. The zero-order valence-corrected chi connectivity index (χ0v) is 29.0. The Morgan fingerprint density at radius 3 is 2.12 bits per heavy atom. The van der Waals surface area contributed by atoms with Crippen molar-refractivity contribution in [3.63, 3.8) is 0 Å². The van der Waals surface area contributed by atoms with Crippen LogP contribution in [0.1, 0.15) is 86.5 Å². The first-order valence-electron chi connectivity index (χ1n) is 16.4. The van der Waals surface area contributed by atoms with E-state index in [1.54, 1.807) is 0 Å². The van der Waals surface area contributed by atoms with E-state index in [9.17, 15) is 14.4 Å². The first-order chi connectivity index (χ1) is 20.2. The minimum Gasteiger partial charge on any atom is -0.465 e. The molecule has 7 atom stereocenters. The Kier molecular flexibility index (Phi) is 21.7. The molecule has 0 bridgehead atoms. The summed E-state index contributed by atoms with van der Waals surface area (Å²) >= 11 is 0. The summed E-state index contributed by atoms with van der Waals surface area (Å²) in [6, 6.07) is 0. The number of hydrogen-bond acceptors (Lipinski definition) is 8. The number of rotatable bonds is 3. The molecular weight excluding hydrogens is 546 g/mol. The van der Waals surface area contributed by atoms with Crippen molar-refractivity contribution >= 4 is 17.7 Å². The molecule has 0 aromatic heterocycles. The van der Waals surface area contributed by atoms with Gasteiger partial charge in [-0.3, -0.25) is 14.4 Å². The minimum atomic E-state index is -0.669. The van der Waals surface area contributed by atoms with Crippen molar-refractivity contribution in [2.75, 3.05) is 60.5 Å². The highest BCUT2D eigenvalue weighted by Crippen LogP contribution is 2.25. The molecule has 0 aromatic rings. The van der Waals surface area contributed by atoms with Gasteiger partial charge in [-0.1, -0.05) is 34.6 Å². The van der Waals surface area contributed by atoms with E-state index in [-0.39, 0.29) is 23.7 Å². The molecule has 1 amide bonds. The summed E-state index contributed by atoms with van der Waals surface area (Å²) in [5.74, 6) is 0.451. The predicted molar refractivity (Wildman–Crippen MR) is 175 cm³/mol. The maximum absolute atomic E-state index is 12.9. The molecule has 2 fully saturated rings. The van der Waals surface area contributed by atoms with Gasteiger partial charge >= 0.3 is 5.97 Å². The van der Waals surface area contributed by atoms with Crippen LogP contribution in [-0.4, -0.2) is 110 Å². The summed E-state index contributed by atoms with van der Waals surface area (Å²) < 4.78 is 10.6. The van der Waals surface area contributed by atoms with Gasteiger partial charge in [0, 0.05) is 38.5 Å². The van der Waals surface area contributed by atoms with Crippen molar-refractivity contribution in [3.05, 3.63) is 13.2 Å². The number of ketones is 1. The van der Waals surface area contributed by atoms with Gasteiger partial charge in [0.2, 0.25) is 5.91 Å². The number of hydrogen-bond donors (Lipinski definition) is 1. The quantitative estimate of drug-likeness (QED) is 0.274. The van der Waals surface area contributed by atoms with Crippen LogP contribution in [0.4, 0.5) is 0 Å². The molecule has 2 aliphatic heterocycles. The Morgan fingerprint density at radius 1 is 0.930 bits per heavy atom. The third kappa shape index (κ3) is 17.9. The Labute approximate surface area is 263 Å². The fourth-order valence-corrected chi connectivity index (χ4v) is 6.12. The van der Waals surface area contributed by atoms with Crippen LogP contribution >= 0.6 is 0 Å². The molecule has 2 unspecified atom stereocenters. The number of esters is 1. The number of aliphatic hydroxyl groups excluding tert-OH is 1. The van der Waals surface area contributed by atoms with Crippen molar-refractivity contribution in [1.29, 1.82) is 0 Å². The Hall–Kier alpha value is -1.81. The molecule has 2 heterocycles. The van der Waals surface area contributed by atoms with E-state index < -0.39 is 18.2 Å². The van der Waals surface area contributed by atoms with Gasteiger partial charge in [-0.15, -0.1) is 13.2 Å². The number of aliphatic hydroxyl groups is 1. The van der Waals surface area contributed by atoms with Gasteiger partial charge in [-0.2, -0.15) is 0 Å². The molecular formula is C34H65N3O6. The topological polar surface area (TPSA) is 99.6 Å². The van der Waals surface area contributed by atoms with Gasteiger partial charge in [0.15, 0.2) is 6.29 Å². The average molecular weight is 612 g/mol. The number of carbonyl (C=O) groups is 3. The third-order valence-corrected chi connectivity index (χ3v) is 8.06. The van der Waals surface area contributed by atoms with E-state index in [4.69, 9.17) is 14.6 Å². The van der Waals surface area contributed by atoms with Crippen molar-refractivity contribution in [2.24, 2.45) is 29.6 Å². The van der Waals surface area contributed by atoms with Crippen LogP contribution in [0.3, 0.4) is 0 Å². The van der Waals surface area contributed by atoms with E-state index in [0.29, 0.717) is 56.8 Å². The highest BCUT2D eigenvalue weighted by molar-refractivity contribution is 5.99. The zero-order valence-electron chi connectivity index (χ0n) is 29.0. The molecule has 252 valence electrons. The van der Waals surface area contributed by atoms with Crippen molar-refractivity contribution in [2.45, 2.75) is 98.9 Å². The van der Waals surface area contributed by atoms with Crippen LogP contribution in [0.5, 0.6) is 0 Å². The lowest BCUT2D eigenvalue weighted by molar-refractivity contribution is -0.169. The molecule has 0 saturated carbocycles. The zero-order chi connectivity index (χ0) is 33.1. The van der Waals surface area contributed by atoms with E-state index in [1.807, 2.05) is 44.7 Å². The van der Waals surface area contributed by atoms with Crippen LogP contribution in [0, 0.1) is 29.6 Å². The maximum Gasteiger partial charge on any atom is 0.316 e. The molecule has 0 aromatic carbocycles. The predicted octanol–water partition coefficient (Wildman–Crippen LogP) is 4.87. The summed E-state index contributed by atoms with van der Waals surface area (Å²) in [5, 5.41) is 9.03. The Balaban J connectivity index is 0.00000134. The lowest BCUT2D eigenvalue weighted by Crippen LogP contribution is -2.43. The number of cyclic esters (lactones) is 1. The number of nitrogens with zero attached hydrogens (tertiary/aromatic N) is 3. The number of ether oxygens (including phenoxy) is 2. The molecule has 0 aliphatic carbocycles. The summed E-state index contributed by atoms with van der Waals surface area (Å²) in [6.45, 7) is 22.2. The van der Waals surface area contributed by atoms with E-state index >= 15 is 0 Å². The highest BCUT2D eigenvalue weighted by Gasteiger charge is 2.31. The van der Waals surface area contributed by atoms with Crippen molar-refractivity contribution in [1.82, 2.24) is 14.7 Å². The van der Waals surface area contributed by atoms with Gasteiger partial charge in [0.1, 0.15) is 11.7 Å². The number of amides is 1. The lowest BCUT2D eigenvalue weighted by Gasteiger charge is -2.29. The Morgan fingerprint density at radius 2 is 1.56 bits per heavy atom. The van der Waals surface area contributed by atoms with Crippen LogP contribution in [0.2, 0.25) is 0 Å². The molecule has 9 nitrogen and oxygen atoms in total. The van der Waals surface area contributed by atoms with Crippen LogP contribution in [0.25, 0.3) is 0 Å². The molecule has 0 radical (unpaired) electrons. The van der Waals surface area contributed by atoms with Gasteiger partial charge in [-0.05, 0) is 84.3 Å². The highest BCUT2D eigenvalue weighted by atomic mass is 16.6. The first-order valence-corrected chi connectivity index (χ1v) is 16.4. The lowest BCUT2D eigenvalue weighted by atomic mass is 9.83. The molecule has 9 heteroatoms. The molecule has 2 saturated heterocycles. The molecule has 2 aliphatic rings. The van der Waals surface area contributed by atoms with E-state index in [1.165, 1.54) is 0 Å². The molecule has 2 rings (SSSR count). The standard InChI is InChI=1S/C25H47N3O4.C7H14O2.C2H4/c1-8-22-24(30)21(4)16-19(2)15-20(3)17-27(7)12-13-28(23(29)18-26(5)6)11-9-10-14-32-25(22)31;1-5-3-6(2)9-7(8)4-5;1-2/h19-22H,8-18H2,1-7H3;5-8H,3-4H2,1-2H3;1-2H2/t19-,20?,21-,22?;5-,6+,7+;/m10./s1. The minimum absolute atomic E-state index is 0.00990. The molecule has 1 N–H and O–H groups in total. The summed E-state index contributed by atoms with van der Waals surface area (Å²) in [6.07, 6.45) is 5.36. The second-order valence-electron chi connectivity index (χ2n) is 13.2. The number of likely N-dealkylation sites (N-methyl/N-ethyl adjacent to an activating group) is 2. The number of Topliss-reactive ketones (excluding diaryl/α,β-unsaturated/α-hetero) is 1. The second kappa shape index (κ2) is 22.7. The van der Waals surface area contributed by atoms with Crippen molar-refractivity contribution in [3.8, 4) is 0 Å². The average Bonchev–Trinajstić information content (AvgIpc) is 2.90. The van der Waals surface area contributed by atoms with E-state index in [2.05, 4.69) is 45.9 Å². The first kappa shape index (κ1) is 41.2. The van der Waals surface area contributed by atoms with Crippen LogP contribution in [0.15, 0.2) is 13.2 Å². The van der Waals surface area contributed by atoms with Gasteiger partial charge in [-0.25, -0.2) is 0 Å². The van der Waals surface area contributed by atoms with Crippen LogP contribution in [-0.2, 0) is 23.9 Å². The maximum atomic E-state index is 12.9. The molecule has 43 heavy (non-hydrogen) atoms. The third-order valence-electron chi connectivity index (χ3n) is 8.06. The fraction of sp³-hybridized carbons (Fsp3) is 0.853. The summed E-state index contributed by atoms with van der Waals surface area (Å²) in [4.78, 5) is 44.3. The van der Waals surface area contributed by atoms with Crippen molar-refractivity contribution < 1.29 is 29.0 Å². The van der Waals surface area contributed by atoms with Gasteiger partial charge in [0.25, 0.3) is 0 Å². The SMILES string of the molecule is C=C.CCC1C(=O)OCCCCN(C(=O)CN(C)C)CCN(C)CC(C)C[C@@H](C)C[C@@H](C)C1=O.C[C@H]1C[C@@H](C)O[C@@H](O)C1. The monoisotopic (exact) mass is 611 g/mol. The van der Waals surface area contributed by atoms with Gasteiger partial charge < -0.3 is 29.3 Å². The number of carbonyl (C=O) groups excluding carboxylic acids is 3. The summed E-state index contributed by atoms with van der Waals surface area (Å²) in [7, 11) is 5.92. The fourth-order valence-electron chi connectivity index (χ4n) is 6.12. The smallest absolute Gasteiger partial charge is 0.316 e. The van der Waals surface area contributed by atoms with Gasteiger partial charge in [0.05, 0.1) is 19.3 Å². The largest absolute Gasteiger partial charge is 0.465 e. The van der Waals surface area contributed by atoms with E-state index in [0.717, 1.165) is 45.2 Å². The Bertz CT molecular complexity index is 769.